The summed E-state index contributed by atoms with van der Waals surface area (Å²) in [7, 11) is 0. The highest BCUT2D eigenvalue weighted by Crippen LogP contribution is 2.29. The number of nitrogens with zero attached hydrogens (tertiary/aromatic N) is 3. The Hall–Kier alpha value is -5.12. The maximum Gasteiger partial charge on any atom is 0.416 e. The maximum absolute atomic E-state index is 13.3. The third-order valence-electron chi connectivity index (χ3n) is 6.05. The molecule has 10 heteroatoms. The summed E-state index contributed by atoms with van der Waals surface area (Å²) in [5.41, 5.74) is 1.33. The molecule has 40 heavy (non-hydrogen) atoms. The molecule has 0 radical (unpaired) electrons. The Morgan fingerprint density at radius 2 is 1.55 bits per heavy atom. The van der Waals surface area contributed by atoms with Gasteiger partial charge in [0.2, 0.25) is 5.91 Å². The number of alkyl halides is 3. The molecule has 2 amide bonds. The first-order valence-electron chi connectivity index (χ1n) is 12.3. The molecule has 0 saturated carbocycles. The van der Waals surface area contributed by atoms with Crippen molar-refractivity contribution in [3.8, 4) is 16.9 Å². The predicted octanol–water partition coefficient (Wildman–Crippen LogP) is 6.43. The third-order valence-corrected chi connectivity index (χ3v) is 6.05. The molecule has 7 nitrogen and oxygen atoms in total. The zero-order valence-electron chi connectivity index (χ0n) is 21.0. The monoisotopic (exact) mass is 544 g/mol. The van der Waals surface area contributed by atoms with Gasteiger partial charge in [0.15, 0.2) is 0 Å². The number of carbonyl (C=O) groups excluding carboxylic acids is 2. The summed E-state index contributed by atoms with van der Waals surface area (Å²) < 4.78 is 46.0. The lowest BCUT2D eigenvalue weighted by molar-refractivity contribution is -0.137. The first-order chi connectivity index (χ1) is 19.3. The van der Waals surface area contributed by atoms with E-state index < -0.39 is 23.6 Å². The van der Waals surface area contributed by atoms with E-state index in [1.165, 1.54) is 11.2 Å². The van der Waals surface area contributed by atoms with E-state index in [9.17, 15) is 22.8 Å². The SMILES string of the molecule is O=C(CN(Cc1ccco1)C(=O)c1ccc(C(F)(F)F)cc1)Nc1cc(-c2ccccc2)nn1-c1ccccc1. The van der Waals surface area contributed by atoms with Gasteiger partial charge in [0.05, 0.1) is 29.8 Å². The number of nitrogens with one attached hydrogen (secondary N) is 1. The summed E-state index contributed by atoms with van der Waals surface area (Å²) in [6.07, 6.45) is -3.10. The molecule has 5 aromatic rings. The van der Waals surface area contributed by atoms with Gasteiger partial charge in [0, 0.05) is 17.2 Å². The van der Waals surface area contributed by atoms with Crippen molar-refractivity contribution in [2.45, 2.75) is 12.7 Å². The lowest BCUT2D eigenvalue weighted by atomic mass is 10.1. The number of hydrogen-bond acceptors (Lipinski definition) is 4. The van der Waals surface area contributed by atoms with E-state index in [-0.39, 0.29) is 18.7 Å². The lowest BCUT2D eigenvalue weighted by Gasteiger charge is -2.21. The van der Waals surface area contributed by atoms with Crippen LogP contribution in [-0.2, 0) is 17.5 Å². The predicted molar refractivity (Wildman–Crippen MR) is 143 cm³/mol. The summed E-state index contributed by atoms with van der Waals surface area (Å²) in [5.74, 6) is -0.353. The molecule has 2 heterocycles. The van der Waals surface area contributed by atoms with E-state index in [1.807, 2.05) is 60.7 Å². The van der Waals surface area contributed by atoms with E-state index in [4.69, 9.17) is 4.42 Å². The van der Waals surface area contributed by atoms with Crippen LogP contribution in [0.4, 0.5) is 19.0 Å². The average Bonchev–Trinajstić information content (AvgIpc) is 3.63. The van der Waals surface area contributed by atoms with Gasteiger partial charge in [-0.3, -0.25) is 9.59 Å². The lowest BCUT2D eigenvalue weighted by Crippen LogP contribution is -2.37. The molecule has 5 rings (SSSR count). The second-order valence-electron chi connectivity index (χ2n) is 8.89. The summed E-state index contributed by atoms with van der Waals surface area (Å²) in [5, 5.41) is 7.50. The highest BCUT2D eigenvalue weighted by atomic mass is 19.4. The van der Waals surface area contributed by atoms with Crippen molar-refractivity contribution in [1.29, 1.82) is 0 Å². The van der Waals surface area contributed by atoms with Crippen molar-refractivity contribution in [2.24, 2.45) is 0 Å². The maximum atomic E-state index is 13.3. The largest absolute Gasteiger partial charge is 0.467 e. The molecule has 3 aromatic carbocycles. The molecule has 0 unspecified atom stereocenters. The van der Waals surface area contributed by atoms with Crippen LogP contribution in [0.25, 0.3) is 16.9 Å². The summed E-state index contributed by atoms with van der Waals surface area (Å²) >= 11 is 0. The fourth-order valence-electron chi connectivity index (χ4n) is 4.12. The van der Waals surface area contributed by atoms with E-state index in [2.05, 4.69) is 10.4 Å². The number of aromatic nitrogens is 2. The van der Waals surface area contributed by atoms with E-state index in [0.29, 0.717) is 23.0 Å². The van der Waals surface area contributed by atoms with Crippen LogP contribution in [0.1, 0.15) is 21.7 Å². The topological polar surface area (TPSA) is 80.4 Å². The average molecular weight is 545 g/mol. The van der Waals surface area contributed by atoms with Crippen molar-refractivity contribution in [3.05, 3.63) is 126 Å². The fourth-order valence-corrected chi connectivity index (χ4v) is 4.12. The Kier molecular flexibility index (Phi) is 7.50. The molecule has 0 aliphatic carbocycles. The number of rotatable bonds is 8. The molecule has 0 atom stereocenters. The van der Waals surface area contributed by atoms with Gasteiger partial charge in [-0.1, -0.05) is 48.5 Å². The first kappa shape index (κ1) is 26.5. The van der Waals surface area contributed by atoms with Crippen molar-refractivity contribution in [1.82, 2.24) is 14.7 Å². The molecule has 0 saturated heterocycles. The number of furan rings is 1. The van der Waals surface area contributed by atoms with Crippen LogP contribution in [0, 0.1) is 0 Å². The Morgan fingerprint density at radius 1 is 0.875 bits per heavy atom. The van der Waals surface area contributed by atoms with Crippen LogP contribution in [0.2, 0.25) is 0 Å². The Bertz CT molecular complexity index is 1580. The van der Waals surface area contributed by atoms with Crippen LogP contribution in [0.3, 0.4) is 0 Å². The summed E-state index contributed by atoms with van der Waals surface area (Å²) in [6, 6.07) is 27.6. The van der Waals surface area contributed by atoms with Gasteiger partial charge in [0.1, 0.15) is 18.1 Å². The number of halogens is 3. The second kappa shape index (κ2) is 11.3. The van der Waals surface area contributed by atoms with Crippen molar-refractivity contribution in [2.75, 3.05) is 11.9 Å². The number of anilines is 1. The number of amides is 2. The molecule has 2 aromatic heterocycles. The Labute approximate surface area is 227 Å². The molecule has 0 fully saturated rings. The number of benzene rings is 3. The first-order valence-corrected chi connectivity index (χ1v) is 12.3. The zero-order valence-corrected chi connectivity index (χ0v) is 21.0. The van der Waals surface area contributed by atoms with Gasteiger partial charge in [-0.05, 0) is 48.5 Å². The highest BCUT2D eigenvalue weighted by Gasteiger charge is 2.31. The van der Waals surface area contributed by atoms with E-state index in [0.717, 1.165) is 29.8 Å². The summed E-state index contributed by atoms with van der Waals surface area (Å²) in [4.78, 5) is 27.8. The number of para-hydroxylation sites is 1. The molecule has 0 bridgehead atoms. The molecule has 202 valence electrons. The van der Waals surface area contributed by atoms with Gasteiger partial charge in [-0.2, -0.15) is 18.3 Å². The number of carbonyl (C=O) groups is 2. The quantitative estimate of drug-likeness (QED) is 0.244. The molecular formula is C30H23F3N4O3. The van der Waals surface area contributed by atoms with E-state index in [1.54, 1.807) is 22.9 Å². The van der Waals surface area contributed by atoms with Crippen LogP contribution >= 0.6 is 0 Å². The minimum atomic E-state index is -4.53. The van der Waals surface area contributed by atoms with Crippen LogP contribution in [0.15, 0.2) is 114 Å². The Morgan fingerprint density at radius 3 is 2.17 bits per heavy atom. The van der Waals surface area contributed by atoms with Crippen LogP contribution in [-0.4, -0.2) is 33.0 Å². The Balaban J connectivity index is 1.41. The van der Waals surface area contributed by atoms with Gasteiger partial charge in [-0.25, -0.2) is 4.68 Å². The fraction of sp³-hybridized carbons (Fsp3) is 0.100. The van der Waals surface area contributed by atoms with Crippen molar-refractivity contribution >= 4 is 17.6 Å². The third kappa shape index (κ3) is 6.12. The smallest absolute Gasteiger partial charge is 0.416 e. The highest BCUT2D eigenvalue weighted by molar-refractivity contribution is 5.99. The summed E-state index contributed by atoms with van der Waals surface area (Å²) in [6.45, 7) is -0.450. The molecule has 0 aliphatic rings. The molecule has 1 N–H and O–H groups in total. The van der Waals surface area contributed by atoms with Crippen molar-refractivity contribution < 1.29 is 27.2 Å². The van der Waals surface area contributed by atoms with Crippen molar-refractivity contribution in [3.63, 3.8) is 0 Å². The minimum Gasteiger partial charge on any atom is -0.467 e. The van der Waals surface area contributed by atoms with Gasteiger partial charge in [-0.15, -0.1) is 0 Å². The zero-order chi connectivity index (χ0) is 28.1. The normalized spacial score (nSPS) is 11.3. The minimum absolute atomic E-state index is 0.00745. The number of hydrogen-bond donors (Lipinski definition) is 1. The molecule has 0 aliphatic heterocycles. The standard InChI is InChI=1S/C30H23F3N4O3/c31-30(32,33)23-15-13-22(14-16-23)29(39)36(19-25-12-7-17-40-25)20-28(38)34-27-18-26(21-8-3-1-4-9-21)35-37(27)24-10-5-2-6-11-24/h1-18H,19-20H2,(H,34,38). The second-order valence-corrected chi connectivity index (χ2v) is 8.89. The van der Waals surface area contributed by atoms with Gasteiger partial charge < -0.3 is 14.6 Å². The van der Waals surface area contributed by atoms with Gasteiger partial charge >= 0.3 is 6.18 Å². The van der Waals surface area contributed by atoms with Gasteiger partial charge in [0.25, 0.3) is 5.91 Å². The molecular weight excluding hydrogens is 521 g/mol. The molecule has 0 spiro atoms. The van der Waals surface area contributed by atoms with E-state index >= 15 is 0 Å². The van der Waals surface area contributed by atoms with Crippen LogP contribution in [0.5, 0.6) is 0 Å². The van der Waals surface area contributed by atoms with Crippen LogP contribution < -0.4 is 5.32 Å².